The van der Waals surface area contributed by atoms with Gasteiger partial charge in [-0.1, -0.05) is 27.7 Å². The quantitative estimate of drug-likeness (QED) is 0.874. The molecule has 0 bridgehead atoms. The summed E-state index contributed by atoms with van der Waals surface area (Å²) < 4.78 is 15.0. The van der Waals surface area contributed by atoms with Gasteiger partial charge in [0.05, 0.1) is 17.6 Å². The van der Waals surface area contributed by atoms with Crippen LogP contribution in [0.3, 0.4) is 0 Å². The molecule has 0 unspecified atom stereocenters. The van der Waals surface area contributed by atoms with E-state index in [0.29, 0.717) is 11.8 Å². The minimum Gasteiger partial charge on any atom is -0.312 e. The molecule has 2 rings (SSSR count). The van der Waals surface area contributed by atoms with E-state index in [9.17, 15) is 4.39 Å². The summed E-state index contributed by atoms with van der Waals surface area (Å²) >= 11 is 0. The molecule has 1 heterocycles. The van der Waals surface area contributed by atoms with Crippen LogP contribution in [0.1, 0.15) is 44.9 Å². The molecule has 0 aliphatic heterocycles. The Hall–Kier alpha value is -1.68. The number of nitrogens with zero attached hydrogens (tertiary/aromatic N) is 2. The van der Waals surface area contributed by atoms with E-state index in [0.717, 1.165) is 18.8 Å². The second kappa shape index (κ2) is 6.85. The topological polar surface area (TPSA) is 29.9 Å². The lowest BCUT2D eigenvalue weighted by Crippen LogP contribution is -2.20. The minimum absolute atomic E-state index is 0.226. The molecule has 3 nitrogen and oxygen atoms in total. The molecule has 0 amide bonds. The number of rotatable bonds is 6. The zero-order valence-corrected chi connectivity index (χ0v) is 13.2. The molecule has 0 saturated carbocycles. The second-order valence-electron chi connectivity index (χ2n) is 6.12. The Balaban J connectivity index is 2.26. The summed E-state index contributed by atoms with van der Waals surface area (Å²) in [6, 6.07) is 6.47. The van der Waals surface area contributed by atoms with Crippen LogP contribution in [-0.4, -0.2) is 16.3 Å². The number of aromatic nitrogens is 2. The normalized spacial score (nSPS) is 11.6. The van der Waals surface area contributed by atoms with Crippen LogP contribution >= 0.6 is 0 Å². The van der Waals surface area contributed by atoms with Crippen LogP contribution in [0.25, 0.3) is 5.69 Å². The molecule has 0 fully saturated rings. The van der Waals surface area contributed by atoms with Crippen molar-refractivity contribution in [3.05, 3.63) is 47.5 Å². The van der Waals surface area contributed by atoms with E-state index in [1.807, 2.05) is 10.9 Å². The first-order chi connectivity index (χ1) is 9.99. The Morgan fingerprint density at radius 2 is 1.81 bits per heavy atom. The Kier molecular flexibility index (Phi) is 5.12. The van der Waals surface area contributed by atoms with E-state index >= 15 is 0 Å². The number of halogens is 1. The fourth-order valence-corrected chi connectivity index (χ4v) is 2.43. The highest BCUT2D eigenvalue weighted by Crippen LogP contribution is 2.23. The highest BCUT2D eigenvalue weighted by molar-refractivity contribution is 5.36. The molecule has 21 heavy (non-hydrogen) atoms. The standard InChI is InChI=1S/C17H24FN3/c1-12(2)9-19-10-14-11-20-21(17(14)13(3)4)16-7-5-15(18)6-8-16/h5-8,11-13,19H,9-10H2,1-4H3. The third kappa shape index (κ3) is 3.91. The van der Waals surface area contributed by atoms with Gasteiger partial charge in [0.25, 0.3) is 0 Å². The lowest BCUT2D eigenvalue weighted by Gasteiger charge is -2.14. The maximum atomic E-state index is 13.1. The van der Waals surface area contributed by atoms with Gasteiger partial charge in [-0.15, -0.1) is 0 Å². The molecule has 1 aromatic carbocycles. The summed E-state index contributed by atoms with van der Waals surface area (Å²) in [6.07, 6.45) is 1.91. The molecule has 0 spiro atoms. The van der Waals surface area contributed by atoms with Crippen molar-refractivity contribution in [2.75, 3.05) is 6.54 Å². The van der Waals surface area contributed by atoms with Crippen molar-refractivity contribution >= 4 is 0 Å². The van der Waals surface area contributed by atoms with E-state index in [-0.39, 0.29) is 5.82 Å². The number of hydrogen-bond acceptors (Lipinski definition) is 2. The van der Waals surface area contributed by atoms with Crippen LogP contribution in [0.15, 0.2) is 30.5 Å². The fraction of sp³-hybridized carbons (Fsp3) is 0.471. The SMILES string of the molecule is CC(C)CNCc1cnn(-c2ccc(F)cc2)c1C(C)C. The van der Waals surface area contributed by atoms with E-state index in [1.165, 1.54) is 23.4 Å². The molecular weight excluding hydrogens is 265 g/mol. The molecule has 0 aliphatic carbocycles. The summed E-state index contributed by atoms with van der Waals surface area (Å²) in [6.45, 7) is 10.5. The average Bonchev–Trinajstić information content (AvgIpc) is 2.83. The zero-order chi connectivity index (χ0) is 15.4. The molecule has 1 N–H and O–H groups in total. The average molecular weight is 289 g/mol. The maximum Gasteiger partial charge on any atom is 0.123 e. The first-order valence-corrected chi connectivity index (χ1v) is 7.52. The van der Waals surface area contributed by atoms with Crippen LogP contribution in [0, 0.1) is 11.7 Å². The Morgan fingerprint density at radius 3 is 2.38 bits per heavy atom. The molecule has 0 atom stereocenters. The molecule has 0 radical (unpaired) electrons. The van der Waals surface area contributed by atoms with Gasteiger partial charge in [0.2, 0.25) is 0 Å². The highest BCUT2D eigenvalue weighted by Gasteiger charge is 2.15. The van der Waals surface area contributed by atoms with Gasteiger partial charge < -0.3 is 5.32 Å². The monoisotopic (exact) mass is 289 g/mol. The smallest absolute Gasteiger partial charge is 0.123 e. The van der Waals surface area contributed by atoms with Gasteiger partial charge in [-0.05, 0) is 42.6 Å². The van der Waals surface area contributed by atoms with Crippen molar-refractivity contribution in [3.63, 3.8) is 0 Å². The first-order valence-electron chi connectivity index (χ1n) is 7.52. The summed E-state index contributed by atoms with van der Waals surface area (Å²) in [5.74, 6) is 0.754. The van der Waals surface area contributed by atoms with E-state index in [4.69, 9.17) is 0 Å². The second-order valence-corrected chi connectivity index (χ2v) is 6.12. The van der Waals surface area contributed by atoms with Crippen molar-refractivity contribution in [2.45, 2.75) is 40.2 Å². The highest BCUT2D eigenvalue weighted by atomic mass is 19.1. The molecule has 4 heteroatoms. The maximum absolute atomic E-state index is 13.1. The number of benzene rings is 1. The minimum atomic E-state index is -0.226. The van der Waals surface area contributed by atoms with Crippen molar-refractivity contribution in [2.24, 2.45) is 5.92 Å². The molecule has 1 aromatic heterocycles. The van der Waals surface area contributed by atoms with Gasteiger partial charge in [0.1, 0.15) is 5.82 Å². The number of hydrogen-bond donors (Lipinski definition) is 1. The van der Waals surface area contributed by atoms with E-state index in [2.05, 4.69) is 38.1 Å². The van der Waals surface area contributed by atoms with Crippen LogP contribution in [0.2, 0.25) is 0 Å². The summed E-state index contributed by atoms with van der Waals surface area (Å²) in [5, 5.41) is 7.95. The molecular formula is C17H24FN3. The Bertz CT molecular complexity index is 570. The van der Waals surface area contributed by atoms with Crippen molar-refractivity contribution in [3.8, 4) is 5.69 Å². The summed E-state index contributed by atoms with van der Waals surface area (Å²) in [7, 11) is 0. The first kappa shape index (κ1) is 15.7. The Morgan fingerprint density at radius 1 is 1.14 bits per heavy atom. The number of nitrogens with one attached hydrogen (secondary N) is 1. The predicted molar refractivity (Wildman–Crippen MR) is 84.2 cm³/mol. The van der Waals surface area contributed by atoms with Crippen LogP contribution in [-0.2, 0) is 6.54 Å². The van der Waals surface area contributed by atoms with Gasteiger partial charge in [0.15, 0.2) is 0 Å². The largest absolute Gasteiger partial charge is 0.312 e. The lowest BCUT2D eigenvalue weighted by molar-refractivity contribution is 0.549. The van der Waals surface area contributed by atoms with Gasteiger partial charge >= 0.3 is 0 Å². The van der Waals surface area contributed by atoms with E-state index in [1.54, 1.807) is 12.1 Å². The van der Waals surface area contributed by atoms with Gasteiger partial charge in [0, 0.05) is 12.1 Å². The molecule has 114 valence electrons. The summed E-state index contributed by atoms with van der Waals surface area (Å²) in [4.78, 5) is 0. The molecule has 2 aromatic rings. The summed E-state index contributed by atoms with van der Waals surface area (Å²) in [5.41, 5.74) is 3.28. The fourth-order valence-electron chi connectivity index (χ4n) is 2.43. The van der Waals surface area contributed by atoms with Crippen molar-refractivity contribution in [1.29, 1.82) is 0 Å². The van der Waals surface area contributed by atoms with Gasteiger partial charge in [-0.2, -0.15) is 5.10 Å². The van der Waals surface area contributed by atoms with Crippen molar-refractivity contribution in [1.82, 2.24) is 15.1 Å². The van der Waals surface area contributed by atoms with Crippen LogP contribution in [0.5, 0.6) is 0 Å². The zero-order valence-electron chi connectivity index (χ0n) is 13.2. The van der Waals surface area contributed by atoms with Crippen molar-refractivity contribution < 1.29 is 4.39 Å². The van der Waals surface area contributed by atoms with Gasteiger partial charge in [-0.25, -0.2) is 9.07 Å². The third-order valence-corrected chi connectivity index (χ3v) is 3.37. The van der Waals surface area contributed by atoms with Crippen LogP contribution in [0.4, 0.5) is 4.39 Å². The van der Waals surface area contributed by atoms with Crippen LogP contribution < -0.4 is 5.32 Å². The Labute approximate surface area is 126 Å². The third-order valence-electron chi connectivity index (χ3n) is 3.37. The molecule has 0 aliphatic rings. The van der Waals surface area contributed by atoms with E-state index < -0.39 is 0 Å². The predicted octanol–water partition coefficient (Wildman–Crippen LogP) is 3.88. The van der Waals surface area contributed by atoms with Gasteiger partial charge in [-0.3, -0.25) is 0 Å². The molecule has 0 saturated heterocycles. The lowest BCUT2D eigenvalue weighted by atomic mass is 10.1.